The molecule has 3 rings (SSSR count). The number of rotatable bonds is 4. The van der Waals surface area contributed by atoms with Crippen molar-refractivity contribution in [2.45, 2.75) is 20.3 Å². The van der Waals surface area contributed by atoms with Gasteiger partial charge in [0.05, 0.1) is 23.1 Å². The first kappa shape index (κ1) is 15.0. The van der Waals surface area contributed by atoms with Gasteiger partial charge in [-0.3, -0.25) is 4.79 Å². The molecule has 0 saturated carbocycles. The summed E-state index contributed by atoms with van der Waals surface area (Å²) < 4.78 is 1.83. The summed E-state index contributed by atoms with van der Waals surface area (Å²) in [6.07, 6.45) is 2.37. The summed E-state index contributed by atoms with van der Waals surface area (Å²) in [5.74, 6) is -0.127. The molecule has 0 unspecified atom stereocenters. The summed E-state index contributed by atoms with van der Waals surface area (Å²) in [7, 11) is 0. The number of anilines is 1. The molecule has 0 bridgehead atoms. The minimum absolute atomic E-state index is 0.127. The zero-order chi connectivity index (χ0) is 16.2. The van der Waals surface area contributed by atoms with E-state index in [-0.39, 0.29) is 5.91 Å². The molecule has 2 aromatic carbocycles. The van der Waals surface area contributed by atoms with Crippen molar-refractivity contribution in [3.8, 4) is 5.69 Å². The summed E-state index contributed by atoms with van der Waals surface area (Å²) in [6, 6.07) is 17.6. The monoisotopic (exact) mass is 305 g/mol. The molecule has 0 fully saturated rings. The van der Waals surface area contributed by atoms with Crippen LogP contribution in [0.25, 0.3) is 5.69 Å². The molecule has 4 heteroatoms. The van der Waals surface area contributed by atoms with Crippen molar-refractivity contribution in [2.24, 2.45) is 0 Å². The predicted octanol–water partition coefficient (Wildman–Crippen LogP) is 4.00. The quantitative estimate of drug-likeness (QED) is 0.792. The van der Waals surface area contributed by atoms with Crippen LogP contribution in [0.5, 0.6) is 0 Å². The first-order valence-corrected chi connectivity index (χ1v) is 7.70. The van der Waals surface area contributed by atoms with Crippen LogP contribution in [0.4, 0.5) is 5.69 Å². The number of hydrogen-bond donors (Lipinski definition) is 1. The smallest absolute Gasteiger partial charge is 0.259 e. The minimum atomic E-state index is -0.127. The van der Waals surface area contributed by atoms with Crippen molar-refractivity contribution >= 4 is 11.6 Å². The Labute approximate surface area is 135 Å². The number of benzene rings is 2. The predicted molar refractivity (Wildman–Crippen MR) is 92.1 cm³/mol. The highest BCUT2D eigenvalue weighted by Gasteiger charge is 2.17. The van der Waals surface area contributed by atoms with Gasteiger partial charge in [-0.25, -0.2) is 4.68 Å². The van der Waals surface area contributed by atoms with Crippen molar-refractivity contribution < 1.29 is 4.79 Å². The van der Waals surface area contributed by atoms with Crippen molar-refractivity contribution in [3.63, 3.8) is 0 Å². The van der Waals surface area contributed by atoms with E-state index in [2.05, 4.69) is 10.4 Å². The van der Waals surface area contributed by atoms with Gasteiger partial charge in [0.1, 0.15) is 0 Å². The third-order valence-corrected chi connectivity index (χ3v) is 3.84. The Balaban J connectivity index is 1.93. The molecule has 116 valence electrons. The highest BCUT2D eigenvalue weighted by Crippen LogP contribution is 2.19. The van der Waals surface area contributed by atoms with Crippen LogP contribution in [0.2, 0.25) is 0 Å². The lowest BCUT2D eigenvalue weighted by atomic mass is 10.1. The van der Waals surface area contributed by atoms with Gasteiger partial charge in [-0.1, -0.05) is 43.3 Å². The molecule has 4 nitrogen and oxygen atoms in total. The van der Waals surface area contributed by atoms with Gasteiger partial charge in [0.15, 0.2) is 0 Å². The summed E-state index contributed by atoms with van der Waals surface area (Å²) in [4.78, 5) is 12.6. The lowest BCUT2D eigenvalue weighted by Gasteiger charge is -2.10. The number of nitrogens with one attached hydrogen (secondary N) is 1. The van der Waals surface area contributed by atoms with Crippen molar-refractivity contribution in [2.75, 3.05) is 5.32 Å². The van der Waals surface area contributed by atoms with Gasteiger partial charge in [-0.15, -0.1) is 0 Å². The molecule has 1 heterocycles. The molecule has 1 N–H and O–H groups in total. The summed E-state index contributed by atoms with van der Waals surface area (Å²) >= 11 is 0. The van der Waals surface area contributed by atoms with Crippen molar-refractivity contribution in [1.82, 2.24) is 9.78 Å². The molecule has 0 atom stereocenters. The van der Waals surface area contributed by atoms with Gasteiger partial charge >= 0.3 is 0 Å². The van der Waals surface area contributed by atoms with E-state index < -0.39 is 0 Å². The average Bonchev–Trinajstić information content (AvgIpc) is 3.02. The Hall–Kier alpha value is -2.88. The lowest BCUT2D eigenvalue weighted by molar-refractivity contribution is 0.102. The molecule has 23 heavy (non-hydrogen) atoms. The summed E-state index contributed by atoms with van der Waals surface area (Å²) in [5, 5.41) is 7.37. The molecule has 1 amide bonds. The van der Waals surface area contributed by atoms with Crippen molar-refractivity contribution in [3.05, 3.63) is 77.6 Å². The van der Waals surface area contributed by atoms with Crippen LogP contribution in [0.1, 0.15) is 28.5 Å². The second-order valence-corrected chi connectivity index (χ2v) is 5.37. The Bertz CT molecular complexity index is 822. The fourth-order valence-electron chi connectivity index (χ4n) is 2.60. The van der Waals surface area contributed by atoms with E-state index in [4.69, 9.17) is 0 Å². The van der Waals surface area contributed by atoms with E-state index in [1.807, 2.05) is 73.1 Å². The van der Waals surface area contributed by atoms with E-state index in [0.717, 1.165) is 29.1 Å². The maximum atomic E-state index is 12.6. The fourth-order valence-corrected chi connectivity index (χ4v) is 2.60. The molecule has 1 aromatic heterocycles. The highest BCUT2D eigenvalue weighted by molar-refractivity contribution is 6.05. The molecule has 0 radical (unpaired) electrons. The number of carbonyl (C=O) groups excluding carboxylic acids is 1. The number of carbonyl (C=O) groups is 1. The molecule has 0 spiro atoms. The molecular formula is C19H19N3O. The van der Waals surface area contributed by atoms with Gasteiger partial charge in [-0.05, 0) is 37.1 Å². The Morgan fingerprint density at radius 2 is 1.78 bits per heavy atom. The molecule has 0 aliphatic carbocycles. The Kier molecular flexibility index (Phi) is 4.24. The van der Waals surface area contributed by atoms with Crippen LogP contribution in [-0.4, -0.2) is 15.7 Å². The summed E-state index contributed by atoms with van der Waals surface area (Å²) in [5.41, 5.74) is 4.34. The molecule has 0 saturated heterocycles. The Morgan fingerprint density at radius 1 is 1.09 bits per heavy atom. The topological polar surface area (TPSA) is 46.9 Å². The number of nitrogens with zero attached hydrogens (tertiary/aromatic N) is 2. The SMILES string of the molecule is CCc1c(C(=O)Nc2ccccc2C)cnn1-c1ccccc1. The van der Waals surface area contributed by atoms with Crippen LogP contribution >= 0.6 is 0 Å². The van der Waals surface area contributed by atoms with Crippen LogP contribution in [0, 0.1) is 6.92 Å². The molecule has 0 aliphatic rings. The van der Waals surface area contributed by atoms with E-state index in [9.17, 15) is 4.79 Å². The number of amides is 1. The molecule has 0 aliphatic heterocycles. The average molecular weight is 305 g/mol. The maximum absolute atomic E-state index is 12.6. The van der Waals surface area contributed by atoms with Gasteiger partial charge in [-0.2, -0.15) is 5.10 Å². The van der Waals surface area contributed by atoms with E-state index in [1.165, 1.54) is 0 Å². The van der Waals surface area contributed by atoms with E-state index in [1.54, 1.807) is 6.20 Å². The minimum Gasteiger partial charge on any atom is -0.322 e. The van der Waals surface area contributed by atoms with Crippen LogP contribution in [0.3, 0.4) is 0 Å². The normalized spacial score (nSPS) is 10.5. The fraction of sp³-hybridized carbons (Fsp3) is 0.158. The van der Waals surface area contributed by atoms with Gasteiger partial charge < -0.3 is 5.32 Å². The Morgan fingerprint density at radius 3 is 2.48 bits per heavy atom. The van der Waals surface area contributed by atoms with Crippen molar-refractivity contribution in [1.29, 1.82) is 0 Å². The number of para-hydroxylation sites is 2. The third kappa shape index (κ3) is 3.01. The molecular weight excluding hydrogens is 286 g/mol. The van der Waals surface area contributed by atoms with Gasteiger partial charge in [0.2, 0.25) is 0 Å². The molecule has 3 aromatic rings. The summed E-state index contributed by atoms with van der Waals surface area (Å²) in [6.45, 7) is 4.00. The number of aryl methyl sites for hydroxylation is 1. The second kappa shape index (κ2) is 6.48. The van der Waals surface area contributed by atoms with Crippen LogP contribution in [0.15, 0.2) is 60.8 Å². The van der Waals surface area contributed by atoms with E-state index >= 15 is 0 Å². The number of hydrogen-bond acceptors (Lipinski definition) is 2. The first-order chi connectivity index (χ1) is 11.2. The largest absolute Gasteiger partial charge is 0.322 e. The first-order valence-electron chi connectivity index (χ1n) is 7.70. The van der Waals surface area contributed by atoms with E-state index in [0.29, 0.717) is 5.56 Å². The number of aromatic nitrogens is 2. The van der Waals surface area contributed by atoms with Gasteiger partial charge in [0.25, 0.3) is 5.91 Å². The highest BCUT2D eigenvalue weighted by atomic mass is 16.1. The second-order valence-electron chi connectivity index (χ2n) is 5.37. The standard InChI is InChI=1S/C19H19N3O/c1-3-18-16(13-20-22(18)15-10-5-4-6-11-15)19(23)21-17-12-8-7-9-14(17)2/h4-13H,3H2,1-2H3,(H,21,23). The zero-order valence-corrected chi connectivity index (χ0v) is 13.3. The van der Waals surface area contributed by atoms with Gasteiger partial charge in [0, 0.05) is 5.69 Å². The third-order valence-electron chi connectivity index (χ3n) is 3.84. The van der Waals surface area contributed by atoms with Crippen LogP contribution < -0.4 is 5.32 Å². The lowest BCUT2D eigenvalue weighted by Crippen LogP contribution is -2.15. The maximum Gasteiger partial charge on any atom is 0.259 e. The zero-order valence-electron chi connectivity index (χ0n) is 13.3. The van der Waals surface area contributed by atoms with Crippen LogP contribution in [-0.2, 0) is 6.42 Å².